The number of aromatic nitrogens is 2. The molecule has 6 nitrogen and oxygen atoms in total. The number of amides is 1. The molecule has 19 heavy (non-hydrogen) atoms. The second kappa shape index (κ2) is 4.90. The van der Waals surface area contributed by atoms with Crippen molar-refractivity contribution in [3.05, 3.63) is 12.3 Å². The molecule has 0 aliphatic carbocycles. The van der Waals surface area contributed by atoms with Crippen LogP contribution in [0.2, 0.25) is 0 Å². The zero-order valence-electron chi connectivity index (χ0n) is 10.7. The summed E-state index contributed by atoms with van der Waals surface area (Å²) in [6, 6.07) is 2.03. The summed E-state index contributed by atoms with van der Waals surface area (Å²) in [5.41, 5.74) is -1.81. The third-order valence-corrected chi connectivity index (χ3v) is 3.77. The van der Waals surface area contributed by atoms with Gasteiger partial charge in [-0.05, 0) is 19.5 Å². The molecule has 3 rings (SSSR count). The van der Waals surface area contributed by atoms with E-state index in [1.54, 1.807) is 6.07 Å². The van der Waals surface area contributed by atoms with Crippen LogP contribution in [0.4, 0.5) is 10.2 Å². The quantitative estimate of drug-likeness (QED) is 0.724. The summed E-state index contributed by atoms with van der Waals surface area (Å²) in [6.07, 6.45) is 3.06. The molecule has 0 unspecified atom stereocenters. The van der Waals surface area contributed by atoms with Crippen LogP contribution in [0.5, 0.6) is 0 Å². The number of hydrogen-bond acceptors (Lipinski definition) is 4. The number of hydrogen-bond donors (Lipinski definition) is 3. The van der Waals surface area contributed by atoms with Crippen molar-refractivity contribution in [2.45, 2.75) is 24.6 Å². The van der Waals surface area contributed by atoms with Gasteiger partial charge in [0.05, 0.1) is 6.04 Å². The van der Waals surface area contributed by atoms with Crippen molar-refractivity contribution in [2.24, 2.45) is 0 Å². The van der Waals surface area contributed by atoms with Crippen LogP contribution in [0, 0.1) is 0 Å². The first kappa shape index (κ1) is 12.6. The van der Waals surface area contributed by atoms with Crippen LogP contribution in [0.25, 0.3) is 0 Å². The van der Waals surface area contributed by atoms with Gasteiger partial charge in [-0.2, -0.15) is 5.10 Å². The Labute approximate surface area is 110 Å². The summed E-state index contributed by atoms with van der Waals surface area (Å²) in [5, 5.41) is 13.0. The maximum absolute atomic E-state index is 14.2. The largest absolute Gasteiger partial charge is 0.315 e. The van der Waals surface area contributed by atoms with Crippen LogP contribution in [-0.4, -0.2) is 47.5 Å². The van der Waals surface area contributed by atoms with Crippen LogP contribution in [0.1, 0.15) is 18.9 Å². The SMILES string of the molecule is O=C(Nc1ccn([C@H]2CCNC2)n1)[C@]1(F)CCNC1. The number of halogens is 1. The summed E-state index contributed by atoms with van der Waals surface area (Å²) < 4.78 is 16.0. The molecule has 2 aliphatic rings. The normalized spacial score (nSPS) is 30.7. The van der Waals surface area contributed by atoms with Crippen molar-refractivity contribution in [3.8, 4) is 0 Å². The fourth-order valence-corrected chi connectivity index (χ4v) is 2.56. The van der Waals surface area contributed by atoms with Gasteiger partial charge in [-0.25, -0.2) is 4.39 Å². The van der Waals surface area contributed by atoms with Crippen molar-refractivity contribution in [2.75, 3.05) is 31.5 Å². The molecule has 1 aromatic rings. The van der Waals surface area contributed by atoms with E-state index in [2.05, 4.69) is 21.0 Å². The summed E-state index contributed by atoms with van der Waals surface area (Å²) in [4.78, 5) is 11.9. The van der Waals surface area contributed by atoms with Crippen LogP contribution in [0.3, 0.4) is 0 Å². The molecule has 0 radical (unpaired) electrons. The van der Waals surface area contributed by atoms with Crippen LogP contribution >= 0.6 is 0 Å². The van der Waals surface area contributed by atoms with Gasteiger partial charge in [-0.15, -0.1) is 0 Å². The standard InChI is InChI=1S/C12H18FN5O/c13-12(3-5-15-8-12)11(19)16-10-2-6-18(17-10)9-1-4-14-7-9/h2,6,9,14-15H,1,3-5,7-8H2,(H,16,17,19)/t9-,12-/m0/s1. The highest BCUT2D eigenvalue weighted by molar-refractivity contribution is 5.97. The van der Waals surface area contributed by atoms with E-state index < -0.39 is 11.6 Å². The molecule has 3 heterocycles. The van der Waals surface area contributed by atoms with Crippen molar-refractivity contribution >= 4 is 11.7 Å². The van der Waals surface area contributed by atoms with E-state index in [-0.39, 0.29) is 13.0 Å². The van der Waals surface area contributed by atoms with E-state index in [1.807, 2.05) is 10.9 Å². The summed E-state index contributed by atoms with van der Waals surface area (Å²) in [7, 11) is 0. The average Bonchev–Trinajstić information content (AvgIpc) is 3.08. The van der Waals surface area contributed by atoms with E-state index in [0.717, 1.165) is 19.5 Å². The van der Waals surface area contributed by atoms with Gasteiger partial charge in [0, 0.05) is 31.8 Å². The van der Waals surface area contributed by atoms with Crippen LogP contribution in [0.15, 0.2) is 12.3 Å². The van der Waals surface area contributed by atoms with Gasteiger partial charge in [-0.3, -0.25) is 9.48 Å². The zero-order valence-corrected chi connectivity index (χ0v) is 10.7. The summed E-state index contributed by atoms with van der Waals surface area (Å²) in [5.74, 6) is -0.187. The fraction of sp³-hybridized carbons (Fsp3) is 0.667. The lowest BCUT2D eigenvalue weighted by atomic mass is 10.1. The number of rotatable bonds is 3. The third kappa shape index (κ3) is 2.48. The minimum Gasteiger partial charge on any atom is -0.315 e. The molecule has 0 aromatic carbocycles. The molecular weight excluding hydrogens is 249 g/mol. The molecule has 1 aromatic heterocycles. The Bertz CT molecular complexity index is 462. The first-order chi connectivity index (χ1) is 9.17. The second-order valence-electron chi connectivity index (χ2n) is 5.17. The second-order valence-corrected chi connectivity index (χ2v) is 5.17. The number of carbonyl (C=O) groups is 1. The molecule has 2 aliphatic heterocycles. The maximum Gasteiger partial charge on any atom is 0.264 e. The van der Waals surface area contributed by atoms with Gasteiger partial charge >= 0.3 is 0 Å². The summed E-state index contributed by atoms with van der Waals surface area (Å²) in [6.45, 7) is 2.47. The predicted molar refractivity (Wildman–Crippen MR) is 68.7 cm³/mol. The number of nitrogens with one attached hydrogen (secondary N) is 3. The number of alkyl halides is 1. The molecule has 0 saturated carbocycles. The molecule has 2 atom stereocenters. The smallest absolute Gasteiger partial charge is 0.264 e. The molecule has 7 heteroatoms. The fourth-order valence-electron chi connectivity index (χ4n) is 2.56. The van der Waals surface area contributed by atoms with Gasteiger partial charge in [0.2, 0.25) is 5.67 Å². The Balaban J connectivity index is 1.65. The van der Waals surface area contributed by atoms with E-state index >= 15 is 0 Å². The van der Waals surface area contributed by atoms with E-state index in [1.165, 1.54) is 0 Å². The number of carbonyl (C=O) groups excluding carboxylic acids is 1. The lowest BCUT2D eigenvalue weighted by Gasteiger charge is -2.16. The first-order valence-electron chi connectivity index (χ1n) is 6.64. The summed E-state index contributed by atoms with van der Waals surface area (Å²) >= 11 is 0. The molecule has 0 spiro atoms. The van der Waals surface area contributed by atoms with Crippen molar-refractivity contribution in [1.82, 2.24) is 20.4 Å². The Hall–Kier alpha value is -1.47. The molecular formula is C12H18FN5O. The third-order valence-electron chi connectivity index (χ3n) is 3.77. The molecule has 3 N–H and O–H groups in total. The first-order valence-corrected chi connectivity index (χ1v) is 6.64. The van der Waals surface area contributed by atoms with Crippen LogP contribution in [-0.2, 0) is 4.79 Å². The van der Waals surface area contributed by atoms with E-state index in [0.29, 0.717) is 18.4 Å². The number of nitrogens with zero attached hydrogens (tertiary/aromatic N) is 2. The van der Waals surface area contributed by atoms with Crippen molar-refractivity contribution in [3.63, 3.8) is 0 Å². The monoisotopic (exact) mass is 267 g/mol. The lowest BCUT2D eigenvalue weighted by molar-refractivity contribution is -0.126. The molecule has 2 saturated heterocycles. The maximum atomic E-state index is 14.2. The minimum absolute atomic E-state index is 0.0755. The van der Waals surface area contributed by atoms with Crippen molar-refractivity contribution < 1.29 is 9.18 Å². The Kier molecular flexibility index (Phi) is 3.24. The zero-order chi connectivity index (χ0) is 13.3. The van der Waals surface area contributed by atoms with Gasteiger partial charge < -0.3 is 16.0 Å². The molecule has 2 fully saturated rings. The molecule has 1 amide bonds. The average molecular weight is 267 g/mol. The highest BCUT2D eigenvalue weighted by Crippen LogP contribution is 2.22. The van der Waals surface area contributed by atoms with E-state index in [4.69, 9.17) is 0 Å². The van der Waals surface area contributed by atoms with Gasteiger partial charge in [0.1, 0.15) is 0 Å². The molecule has 104 valence electrons. The van der Waals surface area contributed by atoms with Gasteiger partial charge in [0.25, 0.3) is 5.91 Å². The Morgan fingerprint density at radius 2 is 2.42 bits per heavy atom. The predicted octanol–water partition coefficient (Wildman–Crippen LogP) is 0.0576. The topological polar surface area (TPSA) is 71.0 Å². The lowest BCUT2D eigenvalue weighted by Crippen LogP contribution is -2.40. The van der Waals surface area contributed by atoms with Gasteiger partial charge in [-0.1, -0.05) is 0 Å². The van der Waals surface area contributed by atoms with E-state index in [9.17, 15) is 9.18 Å². The Morgan fingerprint density at radius 1 is 1.53 bits per heavy atom. The van der Waals surface area contributed by atoms with Crippen LogP contribution < -0.4 is 16.0 Å². The highest BCUT2D eigenvalue weighted by atomic mass is 19.1. The highest BCUT2D eigenvalue weighted by Gasteiger charge is 2.41. The number of anilines is 1. The Morgan fingerprint density at radius 3 is 3.11 bits per heavy atom. The van der Waals surface area contributed by atoms with Crippen molar-refractivity contribution in [1.29, 1.82) is 0 Å². The molecule has 0 bridgehead atoms. The minimum atomic E-state index is -1.81. The van der Waals surface area contributed by atoms with Gasteiger partial charge in [0.15, 0.2) is 5.82 Å².